The van der Waals surface area contributed by atoms with Crippen molar-refractivity contribution < 1.29 is 33.2 Å². The van der Waals surface area contributed by atoms with Gasteiger partial charge in [-0.05, 0) is 6.92 Å². The van der Waals surface area contributed by atoms with Crippen molar-refractivity contribution in [1.29, 1.82) is 0 Å². The molecule has 80 valence electrons. The van der Waals surface area contributed by atoms with Gasteiger partial charge in [0.2, 0.25) is 0 Å². The smallest absolute Gasteiger partial charge is 0.388 e. The van der Waals surface area contributed by atoms with E-state index in [1.165, 1.54) is 0 Å². The Hall–Kier alpha value is -1.01. The van der Waals surface area contributed by atoms with E-state index in [1.807, 2.05) is 0 Å². The Balaban J connectivity index is 4.20. The lowest BCUT2D eigenvalue weighted by Gasteiger charge is -2.10. The number of phosphoric acid groups is 1. The summed E-state index contributed by atoms with van der Waals surface area (Å²) in [6, 6.07) is 0. The zero-order valence-electron chi connectivity index (χ0n) is 7.24. The summed E-state index contributed by atoms with van der Waals surface area (Å²) in [7, 11) is -4.77. The molecular weight excluding hydrogens is 215 g/mol. The van der Waals surface area contributed by atoms with Gasteiger partial charge in [-0.1, -0.05) is 6.58 Å². The van der Waals surface area contributed by atoms with E-state index < -0.39 is 25.9 Å². The molecule has 0 radical (unpaired) electrons. The average molecular weight is 224 g/mol. The second-order valence-electron chi connectivity index (χ2n) is 2.18. The number of ether oxygens (including phenoxy) is 1. The minimum atomic E-state index is -4.77. The molecule has 1 atom stereocenters. The van der Waals surface area contributed by atoms with E-state index in [9.17, 15) is 14.2 Å². The summed E-state index contributed by atoms with van der Waals surface area (Å²) in [5.41, 5.74) is 0. The molecule has 0 fully saturated rings. The van der Waals surface area contributed by atoms with Crippen LogP contribution in [0.1, 0.15) is 6.92 Å². The van der Waals surface area contributed by atoms with E-state index in [0.29, 0.717) is 0 Å². The molecule has 0 rings (SSSR count). The zero-order chi connectivity index (χ0) is 11.4. The quantitative estimate of drug-likeness (QED) is 0.293. The topological polar surface area (TPSA) is 110 Å². The molecule has 1 unspecified atom stereocenters. The van der Waals surface area contributed by atoms with E-state index in [4.69, 9.17) is 9.79 Å². The van der Waals surface area contributed by atoms with Gasteiger partial charge >= 0.3 is 19.8 Å². The minimum Gasteiger partial charge on any atom is -0.388 e. The van der Waals surface area contributed by atoms with Gasteiger partial charge in [-0.25, -0.2) is 14.2 Å². The lowest BCUT2D eigenvalue weighted by atomic mass is 10.4. The zero-order valence-corrected chi connectivity index (χ0v) is 8.14. The average Bonchev–Trinajstić information content (AvgIpc) is 2.00. The molecule has 8 heteroatoms. The maximum atomic E-state index is 10.8. The van der Waals surface area contributed by atoms with E-state index in [0.717, 1.165) is 13.0 Å². The Morgan fingerprint density at radius 3 is 2.36 bits per heavy atom. The molecule has 0 aliphatic rings. The minimum absolute atomic E-state index is 0.738. The number of esters is 2. The SMILES string of the molecule is C=CC(=O)OC(=O)C(C)OP(=O)(O)O. The second-order valence-corrected chi connectivity index (χ2v) is 3.37. The maximum Gasteiger partial charge on any atom is 0.470 e. The van der Waals surface area contributed by atoms with Crippen molar-refractivity contribution in [2.24, 2.45) is 0 Å². The van der Waals surface area contributed by atoms with Gasteiger partial charge in [0.1, 0.15) is 0 Å². The van der Waals surface area contributed by atoms with Crippen molar-refractivity contribution in [2.45, 2.75) is 13.0 Å². The van der Waals surface area contributed by atoms with Gasteiger partial charge in [0.15, 0.2) is 6.10 Å². The first-order valence-electron chi connectivity index (χ1n) is 3.38. The van der Waals surface area contributed by atoms with Crippen molar-refractivity contribution in [3.8, 4) is 0 Å². The van der Waals surface area contributed by atoms with Crippen molar-refractivity contribution in [3.05, 3.63) is 12.7 Å². The van der Waals surface area contributed by atoms with E-state index >= 15 is 0 Å². The van der Waals surface area contributed by atoms with Crippen LogP contribution in [0.4, 0.5) is 0 Å². The highest BCUT2D eigenvalue weighted by atomic mass is 31.2. The van der Waals surface area contributed by atoms with Crippen molar-refractivity contribution in [2.75, 3.05) is 0 Å². The number of phosphoric ester groups is 1. The molecule has 0 bridgehead atoms. The fraction of sp³-hybridized carbons (Fsp3) is 0.333. The van der Waals surface area contributed by atoms with Crippen LogP contribution in [-0.4, -0.2) is 27.8 Å². The predicted molar refractivity (Wildman–Crippen MR) is 43.9 cm³/mol. The van der Waals surface area contributed by atoms with Crippen LogP contribution >= 0.6 is 7.82 Å². The molecule has 0 aromatic rings. The molecule has 0 heterocycles. The number of carbonyl (C=O) groups is 2. The lowest BCUT2D eigenvalue weighted by Crippen LogP contribution is -2.24. The molecule has 0 saturated carbocycles. The molecule has 0 aromatic carbocycles. The third kappa shape index (κ3) is 5.60. The normalized spacial score (nSPS) is 13.1. The molecule has 0 saturated heterocycles. The standard InChI is InChI=1S/C6H9O7P/c1-3-5(7)12-6(8)4(2)13-14(9,10)11/h3-4H,1H2,2H3,(H2,9,10,11). The number of hydrogen-bond acceptors (Lipinski definition) is 5. The molecule has 0 aliphatic carbocycles. The molecule has 2 N–H and O–H groups in total. The third-order valence-electron chi connectivity index (χ3n) is 0.995. The summed E-state index contributed by atoms with van der Waals surface area (Å²) in [6.07, 6.45) is -0.790. The van der Waals surface area contributed by atoms with Gasteiger partial charge in [0.05, 0.1) is 0 Å². The van der Waals surface area contributed by atoms with Crippen LogP contribution in [-0.2, 0) is 23.4 Å². The van der Waals surface area contributed by atoms with E-state index in [1.54, 1.807) is 0 Å². The Morgan fingerprint density at radius 2 is 2.00 bits per heavy atom. The molecule has 7 nitrogen and oxygen atoms in total. The first kappa shape index (κ1) is 13.0. The summed E-state index contributed by atoms with van der Waals surface area (Å²) in [5.74, 6) is -2.21. The first-order chi connectivity index (χ1) is 6.26. The van der Waals surface area contributed by atoms with Crippen LogP contribution in [0.2, 0.25) is 0 Å². The first-order valence-corrected chi connectivity index (χ1v) is 4.91. The van der Waals surface area contributed by atoms with Gasteiger partial charge in [-0.3, -0.25) is 4.52 Å². The van der Waals surface area contributed by atoms with Gasteiger partial charge in [0, 0.05) is 6.08 Å². The van der Waals surface area contributed by atoms with Crippen LogP contribution < -0.4 is 0 Å². The van der Waals surface area contributed by atoms with E-state index in [2.05, 4.69) is 15.8 Å². The summed E-state index contributed by atoms with van der Waals surface area (Å²) >= 11 is 0. The van der Waals surface area contributed by atoms with Crippen molar-refractivity contribution >= 4 is 19.8 Å². The second kappa shape index (κ2) is 5.02. The Bertz CT molecular complexity index is 291. The highest BCUT2D eigenvalue weighted by molar-refractivity contribution is 7.46. The van der Waals surface area contributed by atoms with E-state index in [-0.39, 0.29) is 0 Å². The Morgan fingerprint density at radius 1 is 1.50 bits per heavy atom. The predicted octanol–water partition coefficient (Wildman–Crippen LogP) is -0.260. The monoisotopic (exact) mass is 224 g/mol. The van der Waals surface area contributed by atoms with Crippen molar-refractivity contribution in [1.82, 2.24) is 0 Å². The molecule has 14 heavy (non-hydrogen) atoms. The van der Waals surface area contributed by atoms with Crippen LogP contribution in [0.15, 0.2) is 12.7 Å². The highest BCUT2D eigenvalue weighted by Gasteiger charge is 2.26. The Kier molecular flexibility index (Phi) is 4.65. The van der Waals surface area contributed by atoms with Crippen LogP contribution in [0, 0.1) is 0 Å². The molecule has 0 amide bonds. The lowest BCUT2D eigenvalue weighted by molar-refractivity contribution is -0.161. The summed E-state index contributed by atoms with van der Waals surface area (Å²) in [5, 5.41) is 0. The van der Waals surface area contributed by atoms with Gasteiger partial charge < -0.3 is 14.5 Å². The van der Waals surface area contributed by atoms with Crippen LogP contribution in [0.25, 0.3) is 0 Å². The van der Waals surface area contributed by atoms with Crippen LogP contribution in [0.3, 0.4) is 0 Å². The van der Waals surface area contributed by atoms with Gasteiger partial charge in [-0.2, -0.15) is 0 Å². The fourth-order valence-electron chi connectivity index (χ4n) is 0.473. The highest BCUT2D eigenvalue weighted by Crippen LogP contribution is 2.37. The van der Waals surface area contributed by atoms with Crippen LogP contribution in [0.5, 0.6) is 0 Å². The maximum absolute atomic E-state index is 10.8. The summed E-state index contributed by atoms with van der Waals surface area (Å²) < 4.78 is 18.3. The third-order valence-corrected chi connectivity index (χ3v) is 1.59. The Labute approximate surface area is 79.6 Å². The van der Waals surface area contributed by atoms with Crippen molar-refractivity contribution in [3.63, 3.8) is 0 Å². The molecular formula is C6H9O7P. The van der Waals surface area contributed by atoms with Gasteiger partial charge in [0.25, 0.3) is 0 Å². The number of rotatable bonds is 4. The fourth-order valence-corrected chi connectivity index (χ4v) is 0.971. The van der Waals surface area contributed by atoms with Gasteiger partial charge in [-0.15, -0.1) is 0 Å². The molecule has 0 aliphatic heterocycles. The molecule has 0 aromatic heterocycles. The number of hydrogen-bond donors (Lipinski definition) is 2. The largest absolute Gasteiger partial charge is 0.470 e. The number of carbonyl (C=O) groups excluding carboxylic acids is 2. The summed E-state index contributed by atoms with van der Waals surface area (Å²) in [6.45, 7) is 4.07. The summed E-state index contributed by atoms with van der Waals surface area (Å²) in [4.78, 5) is 37.9. The molecule has 0 spiro atoms.